The predicted octanol–water partition coefficient (Wildman–Crippen LogP) is 1.20. The lowest BCUT2D eigenvalue weighted by Crippen LogP contribution is -2.41. The third-order valence-electron chi connectivity index (χ3n) is 3.17. The minimum absolute atomic E-state index is 0.00921. The van der Waals surface area contributed by atoms with Gasteiger partial charge in [-0.2, -0.15) is 4.31 Å². The molecule has 18 heavy (non-hydrogen) atoms. The third-order valence-corrected chi connectivity index (χ3v) is 5.22. The Morgan fingerprint density at radius 2 is 2.06 bits per heavy atom. The first-order valence-corrected chi connectivity index (χ1v) is 7.48. The summed E-state index contributed by atoms with van der Waals surface area (Å²) >= 11 is 0. The van der Waals surface area contributed by atoms with E-state index in [2.05, 4.69) is 5.32 Å². The maximum atomic E-state index is 12.8. The molecule has 1 unspecified atom stereocenters. The zero-order valence-corrected chi connectivity index (χ0v) is 11.1. The van der Waals surface area contributed by atoms with Gasteiger partial charge in [-0.25, -0.2) is 12.8 Å². The van der Waals surface area contributed by atoms with Gasteiger partial charge in [0.05, 0.1) is 4.90 Å². The van der Waals surface area contributed by atoms with Gasteiger partial charge in [-0.15, -0.1) is 0 Å². The van der Waals surface area contributed by atoms with Gasteiger partial charge in [0, 0.05) is 19.1 Å². The summed E-state index contributed by atoms with van der Waals surface area (Å²) in [6.45, 7) is 3.75. The highest BCUT2D eigenvalue weighted by molar-refractivity contribution is 7.89. The Balaban J connectivity index is 2.30. The van der Waals surface area contributed by atoms with E-state index in [1.165, 1.54) is 28.6 Å². The van der Waals surface area contributed by atoms with Crippen LogP contribution in [-0.4, -0.2) is 38.4 Å². The van der Waals surface area contributed by atoms with Gasteiger partial charge in [0.15, 0.2) is 0 Å². The standard InChI is InChI=1S/C12H17FN2O2S/c1-2-15(11-7-8-14-9-11)18(16,17)12-5-3-10(13)4-6-12/h3-6,11,14H,2,7-9H2,1H3. The molecule has 0 spiro atoms. The molecule has 1 aliphatic heterocycles. The number of halogens is 1. The van der Waals surface area contributed by atoms with E-state index in [0.717, 1.165) is 13.0 Å². The van der Waals surface area contributed by atoms with Crippen molar-refractivity contribution in [2.75, 3.05) is 19.6 Å². The lowest BCUT2D eigenvalue weighted by molar-refractivity contribution is 0.348. The van der Waals surface area contributed by atoms with Crippen molar-refractivity contribution in [1.82, 2.24) is 9.62 Å². The fraction of sp³-hybridized carbons (Fsp3) is 0.500. The Morgan fingerprint density at radius 1 is 1.39 bits per heavy atom. The molecular formula is C12H17FN2O2S. The van der Waals surface area contributed by atoms with E-state index in [9.17, 15) is 12.8 Å². The number of likely N-dealkylation sites (N-methyl/N-ethyl adjacent to an activating group) is 1. The first-order chi connectivity index (χ1) is 8.55. The van der Waals surface area contributed by atoms with E-state index in [0.29, 0.717) is 13.1 Å². The molecule has 1 N–H and O–H groups in total. The van der Waals surface area contributed by atoms with Gasteiger partial charge < -0.3 is 5.32 Å². The van der Waals surface area contributed by atoms with Crippen LogP contribution in [0.3, 0.4) is 0 Å². The minimum Gasteiger partial charge on any atom is -0.315 e. The largest absolute Gasteiger partial charge is 0.315 e. The fourth-order valence-electron chi connectivity index (χ4n) is 2.25. The van der Waals surface area contributed by atoms with Crippen molar-refractivity contribution in [3.63, 3.8) is 0 Å². The summed E-state index contributed by atoms with van der Waals surface area (Å²) < 4.78 is 39.2. The van der Waals surface area contributed by atoms with Gasteiger partial charge in [-0.05, 0) is 37.2 Å². The second-order valence-electron chi connectivity index (χ2n) is 4.31. The molecule has 0 bridgehead atoms. The number of nitrogens with zero attached hydrogens (tertiary/aromatic N) is 1. The van der Waals surface area contributed by atoms with Crippen LogP contribution in [0.25, 0.3) is 0 Å². The van der Waals surface area contributed by atoms with E-state index in [1.807, 2.05) is 6.92 Å². The molecule has 0 aromatic heterocycles. The van der Waals surface area contributed by atoms with Crippen molar-refractivity contribution in [2.24, 2.45) is 0 Å². The van der Waals surface area contributed by atoms with Crippen LogP contribution in [0, 0.1) is 5.82 Å². The van der Waals surface area contributed by atoms with Crippen molar-refractivity contribution in [3.8, 4) is 0 Å². The van der Waals surface area contributed by atoms with Crippen LogP contribution >= 0.6 is 0 Å². The van der Waals surface area contributed by atoms with Crippen molar-refractivity contribution in [2.45, 2.75) is 24.3 Å². The molecule has 1 saturated heterocycles. The number of rotatable bonds is 4. The lowest BCUT2D eigenvalue weighted by Gasteiger charge is -2.26. The monoisotopic (exact) mass is 272 g/mol. The highest BCUT2D eigenvalue weighted by Gasteiger charge is 2.31. The summed E-state index contributed by atoms with van der Waals surface area (Å²) in [5.41, 5.74) is 0. The number of sulfonamides is 1. The van der Waals surface area contributed by atoms with Crippen LogP contribution in [-0.2, 0) is 10.0 Å². The van der Waals surface area contributed by atoms with E-state index in [4.69, 9.17) is 0 Å². The van der Waals surface area contributed by atoms with Gasteiger partial charge in [0.1, 0.15) is 5.82 Å². The van der Waals surface area contributed by atoms with E-state index >= 15 is 0 Å². The molecule has 0 saturated carbocycles. The van der Waals surface area contributed by atoms with Crippen LogP contribution in [0.15, 0.2) is 29.2 Å². The van der Waals surface area contributed by atoms with Crippen molar-refractivity contribution >= 4 is 10.0 Å². The Morgan fingerprint density at radius 3 is 2.56 bits per heavy atom. The fourth-order valence-corrected chi connectivity index (χ4v) is 3.91. The molecule has 1 aromatic rings. The molecule has 1 heterocycles. The Hall–Kier alpha value is -0.980. The molecule has 4 nitrogen and oxygen atoms in total. The van der Waals surface area contributed by atoms with Crippen molar-refractivity contribution < 1.29 is 12.8 Å². The quantitative estimate of drug-likeness (QED) is 0.896. The molecule has 100 valence electrons. The summed E-state index contributed by atoms with van der Waals surface area (Å²) in [5, 5.41) is 3.15. The highest BCUT2D eigenvalue weighted by Crippen LogP contribution is 2.21. The van der Waals surface area contributed by atoms with E-state index in [-0.39, 0.29) is 10.9 Å². The summed E-state index contributed by atoms with van der Waals surface area (Å²) in [6, 6.07) is 4.97. The molecular weight excluding hydrogens is 255 g/mol. The maximum Gasteiger partial charge on any atom is 0.243 e. The van der Waals surface area contributed by atoms with Crippen LogP contribution in [0.5, 0.6) is 0 Å². The molecule has 1 atom stereocenters. The number of hydrogen-bond acceptors (Lipinski definition) is 3. The zero-order chi connectivity index (χ0) is 13.2. The summed E-state index contributed by atoms with van der Waals surface area (Å²) in [6.07, 6.45) is 0.814. The second-order valence-corrected chi connectivity index (χ2v) is 6.20. The zero-order valence-electron chi connectivity index (χ0n) is 10.3. The Bertz CT molecular complexity index is 495. The average Bonchev–Trinajstić information content (AvgIpc) is 2.84. The van der Waals surface area contributed by atoms with E-state index < -0.39 is 15.8 Å². The normalized spacial score (nSPS) is 20.5. The van der Waals surface area contributed by atoms with Gasteiger partial charge in [-0.3, -0.25) is 0 Å². The predicted molar refractivity (Wildman–Crippen MR) is 67.2 cm³/mol. The average molecular weight is 272 g/mol. The molecule has 0 amide bonds. The molecule has 2 rings (SSSR count). The van der Waals surface area contributed by atoms with Gasteiger partial charge >= 0.3 is 0 Å². The van der Waals surface area contributed by atoms with Gasteiger partial charge in [0.2, 0.25) is 10.0 Å². The molecule has 0 radical (unpaired) electrons. The highest BCUT2D eigenvalue weighted by atomic mass is 32.2. The first-order valence-electron chi connectivity index (χ1n) is 6.04. The lowest BCUT2D eigenvalue weighted by atomic mass is 10.3. The summed E-state index contributed by atoms with van der Waals surface area (Å²) in [7, 11) is -3.52. The summed E-state index contributed by atoms with van der Waals surface area (Å²) in [5.74, 6) is -0.431. The van der Waals surface area contributed by atoms with Crippen LogP contribution in [0.4, 0.5) is 4.39 Å². The number of hydrogen-bond donors (Lipinski definition) is 1. The molecule has 1 aliphatic rings. The smallest absolute Gasteiger partial charge is 0.243 e. The van der Waals surface area contributed by atoms with Crippen LogP contribution < -0.4 is 5.32 Å². The third kappa shape index (κ3) is 2.55. The summed E-state index contributed by atoms with van der Waals surface area (Å²) in [4.78, 5) is 0.151. The molecule has 0 aliphatic carbocycles. The minimum atomic E-state index is -3.52. The van der Waals surface area contributed by atoms with E-state index in [1.54, 1.807) is 0 Å². The van der Waals surface area contributed by atoms with Crippen molar-refractivity contribution in [1.29, 1.82) is 0 Å². The van der Waals surface area contributed by atoms with Crippen LogP contribution in [0.2, 0.25) is 0 Å². The SMILES string of the molecule is CCN(C1CCNC1)S(=O)(=O)c1ccc(F)cc1. The van der Waals surface area contributed by atoms with Crippen LogP contribution in [0.1, 0.15) is 13.3 Å². The molecule has 6 heteroatoms. The second kappa shape index (κ2) is 5.34. The maximum absolute atomic E-state index is 12.8. The van der Waals surface area contributed by atoms with Gasteiger partial charge in [0.25, 0.3) is 0 Å². The topological polar surface area (TPSA) is 49.4 Å². The van der Waals surface area contributed by atoms with Gasteiger partial charge in [-0.1, -0.05) is 6.92 Å². The Kier molecular flexibility index (Phi) is 3.99. The molecule has 1 aromatic carbocycles. The number of nitrogens with one attached hydrogen (secondary N) is 1. The number of benzene rings is 1. The first kappa shape index (κ1) is 13.5. The Labute approximate surface area is 107 Å². The molecule has 1 fully saturated rings. The van der Waals surface area contributed by atoms with Crippen molar-refractivity contribution in [3.05, 3.63) is 30.1 Å².